The molecule has 1 heterocycles. The van der Waals surface area contributed by atoms with Gasteiger partial charge in [-0.3, -0.25) is 0 Å². The van der Waals surface area contributed by atoms with Crippen LogP contribution in [0.15, 0.2) is 18.2 Å². The van der Waals surface area contributed by atoms with Crippen LogP contribution in [0.25, 0.3) is 0 Å². The van der Waals surface area contributed by atoms with Crippen LogP contribution in [-0.4, -0.2) is 32.0 Å². The Balaban J connectivity index is 2.38. The van der Waals surface area contributed by atoms with Crippen LogP contribution >= 0.6 is 0 Å². The van der Waals surface area contributed by atoms with E-state index < -0.39 is 17.2 Å². The number of nitrogens with one attached hydrogen (secondary N) is 1. The normalized spacial score (nSPS) is 19.4. The number of hydrogen-bond donors (Lipinski definition) is 1. The second-order valence-electron chi connectivity index (χ2n) is 5.30. The van der Waals surface area contributed by atoms with Gasteiger partial charge in [0.25, 0.3) is 0 Å². The molecule has 1 aromatic rings. The molecule has 1 N–H and O–H groups in total. The first kappa shape index (κ1) is 16.3. The predicted octanol–water partition coefficient (Wildman–Crippen LogP) is 3.20. The highest BCUT2D eigenvalue weighted by Crippen LogP contribution is 2.38. The van der Waals surface area contributed by atoms with Gasteiger partial charge in [0.15, 0.2) is 0 Å². The molecular weight excluding hydrogens is 276 g/mol. The Bertz CT molecular complexity index is 436. The minimum Gasteiger partial charge on any atom is -0.381 e. The molecule has 1 unspecified atom stereocenters. The van der Waals surface area contributed by atoms with Gasteiger partial charge in [0.2, 0.25) is 0 Å². The van der Waals surface area contributed by atoms with E-state index >= 15 is 0 Å². The second kappa shape index (κ2) is 7.29. The molecule has 2 rings (SSSR count). The fourth-order valence-corrected chi connectivity index (χ4v) is 3.07. The van der Waals surface area contributed by atoms with Crippen molar-refractivity contribution in [2.24, 2.45) is 0 Å². The molecule has 0 aromatic heterocycles. The molecule has 5 heteroatoms. The lowest BCUT2D eigenvalue weighted by Crippen LogP contribution is -2.50. The quantitative estimate of drug-likeness (QED) is 0.875. The molecule has 1 aromatic carbocycles. The van der Waals surface area contributed by atoms with E-state index in [0.29, 0.717) is 44.8 Å². The molecule has 1 aliphatic rings. The fraction of sp³-hybridized carbons (Fsp3) is 0.625. The standard InChI is InChI=1S/C16H23F2NO2/c1-3-19-15(12-9-13(17)11-14(18)10-12)16(21-4-2)5-7-20-8-6-16/h9-11,15,19H,3-8H2,1-2H3. The van der Waals surface area contributed by atoms with Crippen molar-refractivity contribution in [2.75, 3.05) is 26.4 Å². The van der Waals surface area contributed by atoms with Crippen molar-refractivity contribution in [2.45, 2.75) is 38.3 Å². The Labute approximate surface area is 124 Å². The molecular formula is C16H23F2NO2. The van der Waals surface area contributed by atoms with Gasteiger partial charge in [-0.15, -0.1) is 0 Å². The van der Waals surface area contributed by atoms with Crippen LogP contribution in [0.1, 0.15) is 38.3 Å². The molecule has 0 saturated carbocycles. The Morgan fingerprint density at radius 1 is 1.19 bits per heavy atom. The summed E-state index contributed by atoms with van der Waals surface area (Å²) >= 11 is 0. The zero-order valence-corrected chi connectivity index (χ0v) is 12.6. The van der Waals surface area contributed by atoms with Crippen molar-refractivity contribution in [3.05, 3.63) is 35.4 Å². The van der Waals surface area contributed by atoms with E-state index in [9.17, 15) is 8.78 Å². The topological polar surface area (TPSA) is 30.5 Å². The fourth-order valence-electron chi connectivity index (χ4n) is 3.07. The smallest absolute Gasteiger partial charge is 0.126 e. The van der Waals surface area contributed by atoms with Gasteiger partial charge >= 0.3 is 0 Å². The van der Waals surface area contributed by atoms with E-state index in [1.54, 1.807) is 0 Å². The van der Waals surface area contributed by atoms with Crippen molar-refractivity contribution < 1.29 is 18.3 Å². The van der Waals surface area contributed by atoms with Gasteiger partial charge in [-0.05, 0) is 31.2 Å². The summed E-state index contributed by atoms with van der Waals surface area (Å²) in [5.41, 5.74) is 0.105. The summed E-state index contributed by atoms with van der Waals surface area (Å²) in [5, 5.41) is 3.33. The monoisotopic (exact) mass is 299 g/mol. The number of hydrogen-bond acceptors (Lipinski definition) is 3. The highest BCUT2D eigenvalue weighted by atomic mass is 19.1. The number of likely N-dealkylation sites (N-methyl/N-ethyl adjacent to an activating group) is 1. The van der Waals surface area contributed by atoms with Crippen LogP contribution in [0.5, 0.6) is 0 Å². The summed E-state index contributed by atoms with van der Waals surface area (Å²) in [4.78, 5) is 0. The molecule has 118 valence electrons. The molecule has 0 radical (unpaired) electrons. The van der Waals surface area contributed by atoms with Gasteiger partial charge in [0, 0.05) is 38.7 Å². The minimum absolute atomic E-state index is 0.253. The third-order valence-corrected chi connectivity index (χ3v) is 3.92. The lowest BCUT2D eigenvalue weighted by Gasteiger charge is -2.43. The third kappa shape index (κ3) is 3.78. The van der Waals surface area contributed by atoms with E-state index in [2.05, 4.69) is 5.32 Å². The number of rotatable bonds is 6. The van der Waals surface area contributed by atoms with Crippen LogP contribution in [0, 0.1) is 11.6 Å². The Kier molecular flexibility index (Phi) is 5.67. The lowest BCUT2D eigenvalue weighted by molar-refractivity contribution is -0.127. The van der Waals surface area contributed by atoms with Gasteiger partial charge in [0.05, 0.1) is 11.6 Å². The Hall–Kier alpha value is -1.04. The maximum Gasteiger partial charge on any atom is 0.126 e. The molecule has 0 amide bonds. The largest absolute Gasteiger partial charge is 0.381 e. The lowest BCUT2D eigenvalue weighted by atomic mass is 9.81. The molecule has 1 fully saturated rings. The van der Waals surface area contributed by atoms with Gasteiger partial charge in [-0.25, -0.2) is 8.78 Å². The molecule has 1 atom stereocenters. The van der Waals surface area contributed by atoms with Gasteiger partial charge < -0.3 is 14.8 Å². The van der Waals surface area contributed by atoms with Gasteiger partial charge in [-0.2, -0.15) is 0 Å². The molecule has 3 nitrogen and oxygen atoms in total. The van der Waals surface area contributed by atoms with E-state index in [4.69, 9.17) is 9.47 Å². The van der Waals surface area contributed by atoms with Crippen molar-refractivity contribution in [3.63, 3.8) is 0 Å². The second-order valence-corrected chi connectivity index (χ2v) is 5.30. The van der Waals surface area contributed by atoms with E-state index in [0.717, 1.165) is 6.07 Å². The molecule has 1 saturated heterocycles. The van der Waals surface area contributed by atoms with Crippen LogP contribution in [0.2, 0.25) is 0 Å². The maximum absolute atomic E-state index is 13.6. The molecule has 0 spiro atoms. The van der Waals surface area contributed by atoms with Gasteiger partial charge in [0.1, 0.15) is 11.6 Å². The first-order valence-corrected chi connectivity index (χ1v) is 7.52. The summed E-state index contributed by atoms with van der Waals surface area (Å²) in [7, 11) is 0. The zero-order chi connectivity index (χ0) is 15.3. The van der Waals surface area contributed by atoms with Gasteiger partial charge in [-0.1, -0.05) is 6.92 Å². The predicted molar refractivity (Wildman–Crippen MR) is 77.2 cm³/mol. The summed E-state index contributed by atoms with van der Waals surface area (Å²) < 4.78 is 38.6. The van der Waals surface area contributed by atoms with E-state index in [-0.39, 0.29) is 6.04 Å². The average molecular weight is 299 g/mol. The average Bonchev–Trinajstić information content (AvgIpc) is 2.45. The molecule has 1 aliphatic heterocycles. The SMILES string of the molecule is CCNC(c1cc(F)cc(F)c1)C1(OCC)CCOCC1. The van der Waals surface area contributed by atoms with Crippen molar-refractivity contribution in [3.8, 4) is 0 Å². The highest BCUT2D eigenvalue weighted by molar-refractivity contribution is 5.25. The van der Waals surface area contributed by atoms with Crippen LogP contribution in [-0.2, 0) is 9.47 Å². The zero-order valence-electron chi connectivity index (χ0n) is 12.6. The van der Waals surface area contributed by atoms with E-state index in [1.165, 1.54) is 12.1 Å². The Morgan fingerprint density at radius 2 is 1.81 bits per heavy atom. The van der Waals surface area contributed by atoms with Crippen molar-refractivity contribution in [1.82, 2.24) is 5.32 Å². The number of benzene rings is 1. The first-order chi connectivity index (χ1) is 10.1. The Morgan fingerprint density at radius 3 is 2.33 bits per heavy atom. The summed E-state index contributed by atoms with van der Waals surface area (Å²) in [6.07, 6.45) is 1.41. The number of halogens is 2. The summed E-state index contributed by atoms with van der Waals surface area (Å²) in [5.74, 6) is -1.13. The molecule has 0 aliphatic carbocycles. The summed E-state index contributed by atoms with van der Waals surface area (Å²) in [6, 6.07) is 3.40. The third-order valence-electron chi connectivity index (χ3n) is 3.92. The van der Waals surface area contributed by atoms with Crippen molar-refractivity contribution >= 4 is 0 Å². The van der Waals surface area contributed by atoms with E-state index in [1.807, 2.05) is 13.8 Å². The molecule has 0 bridgehead atoms. The van der Waals surface area contributed by atoms with Crippen LogP contribution in [0.3, 0.4) is 0 Å². The van der Waals surface area contributed by atoms with Crippen LogP contribution < -0.4 is 5.32 Å². The molecule has 21 heavy (non-hydrogen) atoms. The minimum atomic E-state index is -0.563. The maximum atomic E-state index is 13.6. The van der Waals surface area contributed by atoms with Crippen molar-refractivity contribution in [1.29, 1.82) is 0 Å². The van der Waals surface area contributed by atoms with Crippen LogP contribution in [0.4, 0.5) is 8.78 Å². The first-order valence-electron chi connectivity index (χ1n) is 7.52. The highest BCUT2D eigenvalue weighted by Gasteiger charge is 2.42. The number of ether oxygens (including phenoxy) is 2. The summed E-state index contributed by atoms with van der Waals surface area (Å²) in [6.45, 7) is 6.35.